The second-order valence-electron chi connectivity index (χ2n) is 10.0. The summed E-state index contributed by atoms with van der Waals surface area (Å²) in [6.45, 7) is 0. The third-order valence-electron chi connectivity index (χ3n) is 7.78. The largest absolute Gasteiger partial charge is 0.507 e. The molecule has 3 atom stereocenters. The number of methoxy groups -OCH3 is 3. The summed E-state index contributed by atoms with van der Waals surface area (Å²) in [5.74, 6) is 0.308. The number of Topliss-reactive ketones (excluding diaryl/α,β-unsaturated/α-hetero) is 1. The lowest BCUT2D eigenvalue weighted by atomic mass is 9.79. The number of aromatic hydroxyl groups is 2. The number of carbonyl (C=O) groups excluding carboxylic acids is 1. The van der Waals surface area contributed by atoms with Crippen molar-refractivity contribution >= 4 is 5.78 Å². The maximum Gasteiger partial charge on any atom is 0.203 e. The summed E-state index contributed by atoms with van der Waals surface area (Å²) in [4.78, 5) is 13.7. The van der Waals surface area contributed by atoms with E-state index >= 15 is 0 Å². The summed E-state index contributed by atoms with van der Waals surface area (Å²) >= 11 is 0. The van der Waals surface area contributed by atoms with Gasteiger partial charge in [-0.2, -0.15) is 0 Å². The van der Waals surface area contributed by atoms with Crippen LogP contribution in [0, 0.1) is 0 Å². The van der Waals surface area contributed by atoms with Crippen molar-refractivity contribution in [1.29, 1.82) is 0 Å². The predicted molar refractivity (Wildman–Crippen MR) is 151 cm³/mol. The molecular weight excluding hydrogens is 524 g/mol. The highest BCUT2D eigenvalue weighted by Crippen LogP contribution is 2.59. The van der Waals surface area contributed by atoms with Gasteiger partial charge in [0.1, 0.15) is 40.8 Å². The zero-order valence-electron chi connectivity index (χ0n) is 22.9. The van der Waals surface area contributed by atoms with E-state index in [1.165, 1.54) is 33.5 Å². The van der Waals surface area contributed by atoms with Crippen LogP contribution in [-0.2, 0) is 0 Å². The molecule has 8 nitrogen and oxygen atoms in total. The molecule has 0 bridgehead atoms. The van der Waals surface area contributed by atoms with Gasteiger partial charge in [-0.15, -0.1) is 0 Å². The Kier molecular flexibility index (Phi) is 6.83. The molecule has 0 fully saturated rings. The Labute approximate surface area is 237 Å². The second-order valence-corrected chi connectivity index (χ2v) is 10.0. The lowest BCUT2D eigenvalue weighted by molar-refractivity contribution is 0.0839. The number of phenolic OH excluding ortho intramolecular Hbond substituents is 2. The highest BCUT2D eigenvalue weighted by molar-refractivity contribution is 6.03. The zero-order valence-corrected chi connectivity index (χ0v) is 22.9. The maximum atomic E-state index is 13.7. The highest BCUT2D eigenvalue weighted by Gasteiger charge is 2.42. The van der Waals surface area contributed by atoms with Gasteiger partial charge >= 0.3 is 0 Å². The fourth-order valence-corrected chi connectivity index (χ4v) is 5.92. The summed E-state index contributed by atoms with van der Waals surface area (Å²) in [7, 11) is 4.40. The van der Waals surface area contributed by atoms with Crippen molar-refractivity contribution in [2.75, 3.05) is 21.3 Å². The molecule has 2 N–H and O–H groups in total. The summed E-state index contributed by atoms with van der Waals surface area (Å²) in [6.07, 6.45) is -0.529. The number of ether oxygens (including phenoxy) is 5. The van der Waals surface area contributed by atoms with Gasteiger partial charge in [0.25, 0.3) is 0 Å². The molecule has 2 heterocycles. The Bertz CT molecular complexity index is 1600. The van der Waals surface area contributed by atoms with E-state index in [4.69, 9.17) is 23.7 Å². The van der Waals surface area contributed by atoms with Crippen LogP contribution in [0.5, 0.6) is 40.2 Å². The van der Waals surface area contributed by atoms with E-state index in [2.05, 4.69) is 0 Å². The van der Waals surface area contributed by atoms with Crippen molar-refractivity contribution in [3.63, 3.8) is 0 Å². The number of benzene rings is 4. The third kappa shape index (κ3) is 4.45. The summed E-state index contributed by atoms with van der Waals surface area (Å²) in [5, 5.41) is 22.3. The monoisotopic (exact) mass is 554 g/mol. The number of fused-ring (bicyclic) bond motifs is 2. The number of hydrogen-bond acceptors (Lipinski definition) is 8. The Morgan fingerprint density at radius 2 is 1.29 bits per heavy atom. The van der Waals surface area contributed by atoms with Gasteiger partial charge in [-0.1, -0.05) is 60.7 Å². The molecule has 6 rings (SSSR count). The number of rotatable bonds is 6. The highest BCUT2D eigenvalue weighted by atomic mass is 16.5. The second kappa shape index (κ2) is 10.6. The van der Waals surface area contributed by atoms with E-state index in [0.29, 0.717) is 29.0 Å². The molecule has 0 aromatic heterocycles. The van der Waals surface area contributed by atoms with Crippen molar-refractivity contribution < 1.29 is 38.7 Å². The molecule has 4 aromatic carbocycles. The standard InChI is InChI=1S/C33H30O8/c1-37-26-17-23(36)31(39-3)33-29(26)20(14-24(41-33)18-10-6-4-7-11-18)28-21(34)16-27(38-2)30-22(35)15-25(40-32(28)30)19-12-8-5-9-13-19/h4-13,16-17,20,24-25,34,36H,14-15H2,1-3H3/t20-,24-,25-/m0/s1. The van der Waals surface area contributed by atoms with Crippen molar-refractivity contribution in [2.45, 2.75) is 31.0 Å². The van der Waals surface area contributed by atoms with Crippen LogP contribution < -0.4 is 23.7 Å². The molecule has 0 aliphatic carbocycles. The van der Waals surface area contributed by atoms with Gasteiger partial charge in [0.15, 0.2) is 17.3 Å². The summed E-state index contributed by atoms with van der Waals surface area (Å²) < 4.78 is 29.9. The van der Waals surface area contributed by atoms with Gasteiger partial charge in [-0.3, -0.25) is 4.79 Å². The van der Waals surface area contributed by atoms with Crippen LogP contribution >= 0.6 is 0 Å². The minimum absolute atomic E-state index is 0.0964. The van der Waals surface area contributed by atoms with Crippen LogP contribution in [0.3, 0.4) is 0 Å². The van der Waals surface area contributed by atoms with Gasteiger partial charge in [-0.05, 0) is 11.1 Å². The quantitative estimate of drug-likeness (QED) is 0.279. The van der Waals surface area contributed by atoms with Crippen LogP contribution in [0.15, 0.2) is 72.8 Å². The number of hydrogen-bond donors (Lipinski definition) is 2. The molecule has 8 heteroatoms. The van der Waals surface area contributed by atoms with Crippen LogP contribution in [-0.4, -0.2) is 37.3 Å². The van der Waals surface area contributed by atoms with Crippen LogP contribution in [0.2, 0.25) is 0 Å². The molecule has 0 radical (unpaired) electrons. The van der Waals surface area contributed by atoms with Crippen molar-refractivity contribution in [1.82, 2.24) is 0 Å². The molecular formula is C33H30O8. The van der Waals surface area contributed by atoms with Gasteiger partial charge in [0, 0.05) is 35.6 Å². The number of ketones is 1. The fraction of sp³-hybridized carbons (Fsp3) is 0.242. The Morgan fingerprint density at radius 1 is 0.707 bits per heavy atom. The molecule has 0 saturated carbocycles. The van der Waals surface area contributed by atoms with E-state index in [0.717, 1.165) is 11.1 Å². The molecule has 210 valence electrons. The van der Waals surface area contributed by atoms with E-state index in [1.807, 2.05) is 60.7 Å². The SMILES string of the molecule is COc1cc(O)c([C@@H]2C[C@@H](c3ccccc3)Oc3c(OC)c(O)cc(OC)c32)c2c1C(=O)C[C@@H](c1ccccc1)O2. The Morgan fingerprint density at radius 3 is 1.90 bits per heavy atom. The first-order chi connectivity index (χ1) is 19.9. The first kappa shape index (κ1) is 26.4. The van der Waals surface area contributed by atoms with E-state index in [9.17, 15) is 15.0 Å². The topological polar surface area (TPSA) is 104 Å². The molecule has 0 unspecified atom stereocenters. The van der Waals surface area contributed by atoms with Crippen molar-refractivity contribution in [3.8, 4) is 40.2 Å². The normalized spacial score (nSPS) is 19.3. The summed E-state index contributed by atoms with van der Waals surface area (Å²) in [6, 6.07) is 22.1. The zero-order chi connectivity index (χ0) is 28.7. The minimum Gasteiger partial charge on any atom is -0.507 e. The average Bonchev–Trinajstić information content (AvgIpc) is 3.00. The fourth-order valence-electron chi connectivity index (χ4n) is 5.92. The average molecular weight is 555 g/mol. The van der Waals surface area contributed by atoms with Crippen LogP contribution in [0.1, 0.15) is 63.6 Å². The van der Waals surface area contributed by atoms with E-state index in [-0.39, 0.29) is 46.5 Å². The van der Waals surface area contributed by atoms with Crippen molar-refractivity contribution in [2.24, 2.45) is 0 Å². The van der Waals surface area contributed by atoms with Gasteiger partial charge in [0.2, 0.25) is 5.75 Å². The Balaban J connectivity index is 1.61. The molecule has 2 aliphatic rings. The molecule has 0 saturated heterocycles. The third-order valence-corrected chi connectivity index (χ3v) is 7.78. The van der Waals surface area contributed by atoms with Gasteiger partial charge in [-0.25, -0.2) is 0 Å². The molecule has 4 aromatic rings. The predicted octanol–water partition coefficient (Wildman–Crippen LogP) is 6.49. The van der Waals surface area contributed by atoms with E-state index in [1.54, 1.807) is 0 Å². The molecule has 2 aliphatic heterocycles. The molecule has 0 amide bonds. The minimum atomic E-state index is -0.574. The van der Waals surface area contributed by atoms with Crippen molar-refractivity contribution in [3.05, 3.63) is 101 Å². The van der Waals surface area contributed by atoms with Crippen LogP contribution in [0.25, 0.3) is 0 Å². The Hall–Kier alpha value is -4.85. The smallest absolute Gasteiger partial charge is 0.203 e. The first-order valence-corrected chi connectivity index (χ1v) is 13.3. The maximum absolute atomic E-state index is 13.7. The summed E-state index contributed by atoms with van der Waals surface area (Å²) in [5.41, 5.74) is 3.00. The van der Waals surface area contributed by atoms with Crippen LogP contribution in [0.4, 0.5) is 0 Å². The molecule has 41 heavy (non-hydrogen) atoms. The van der Waals surface area contributed by atoms with Gasteiger partial charge < -0.3 is 33.9 Å². The van der Waals surface area contributed by atoms with E-state index < -0.39 is 18.1 Å². The lowest BCUT2D eigenvalue weighted by Gasteiger charge is -2.37. The number of carbonyl (C=O) groups is 1. The molecule has 0 spiro atoms. The lowest BCUT2D eigenvalue weighted by Crippen LogP contribution is -2.25. The number of phenols is 2. The first-order valence-electron chi connectivity index (χ1n) is 13.3. The van der Waals surface area contributed by atoms with Gasteiger partial charge in [0.05, 0.1) is 27.8 Å².